The van der Waals surface area contributed by atoms with Gasteiger partial charge in [0.15, 0.2) is 0 Å². The zero-order chi connectivity index (χ0) is 11.6. The van der Waals surface area contributed by atoms with Gasteiger partial charge < -0.3 is 0 Å². The van der Waals surface area contributed by atoms with E-state index in [1.807, 2.05) is 0 Å². The molecule has 15 heavy (non-hydrogen) atoms. The van der Waals surface area contributed by atoms with E-state index >= 15 is 0 Å². The zero-order valence-electron chi connectivity index (χ0n) is 10.9. The van der Waals surface area contributed by atoms with Crippen molar-refractivity contribution in [3.8, 4) is 11.2 Å². The average Bonchev–Trinajstić information content (AvgIpc) is 2.29. The van der Waals surface area contributed by atoms with Crippen molar-refractivity contribution in [2.24, 2.45) is 0 Å². The van der Waals surface area contributed by atoms with Crippen molar-refractivity contribution >= 4 is 13.3 Å². The second-order valence-electron chi connectivity index (χ2n) is 4.74. The van der Waals surface area contributed by atoms with Crippen LogP contribution in [-0.4, -0.2) is 13.3 Å². The van der Waals surface area contributed by atoms with Crippen LogP contribution in [0.1, 0.15) is 59.3 Å². The maximum atomic E-state index is 5.86. The van der Waals surface area contributed by atoms with Crippen molar-refractivity contribution in [2.75, 3.05) is 0 Å². The van der Waals surface area contributed by atoms with Gasteiger partial charge in [0.2, 0.25) is 0 Å². The van der Waals surface area contributed by atoms with E-state index < -0.39 is 13.3 Å². The third-order valence-electron chi connectivity index (χ3n) is 3.33. The Bertz CT molecular complexity index is 156. The first-order valence-electron chi connectivity index (χ1n) is 6.72. The molecule has 0 aromatic carbocycles. The maximum absolute atomic E-state index is 5.86. The molecule has 0 aromatic rings. The van der Waals surface area contributed by atoms with Crippen molar-refractivity contribution < 1.29 is 0 Å². The Kier molecular flexibility index (Phi) is 9.40. The van der Waals surface area contributed by atoms with Crippen molar-refractivity contribution in [1.82, 2.24) is 0 Å². The number of rotatable bonds is 9. The molecule has 0 atom stereocenters. The van der Waals surface area contributed by atoms with Crippen LogP contribution in [0.15, 0.2) is 0 Å². The fourth-order valence-electron chi connectivity index (χ4n) is 2.14. The normalized spacial score (nSPS) is 11.3. The molecule has 0 aliphatic carbocycles. The van der Waals surface area contributed by atoms with Crippen LogP contribution < -0.4 is 0 Å². The van der Waals surface area contributed by atoms with E-state index in [0.717, 1.165) is 0 Å². The second kappa shape index (κ2) is 9.34. The number of hydrogen-bond acceptors (Lipinski definition) is 0. The van der Waals surface area contributed by atoms with Crippen LogP contribution in [0, 0.1) is 11.2 Å². The molecule has 0 rings (SSSR count). The van der Waals surface area contributed by atoms with E-state index in [-0.39, 0.29) is 0 Å². The molecular formula is C14H28Ge. The van der Waals surface area contributed by atoms with Gasteiger partial charge >= 0.3 is 99.5 Å². The first-order valence-corrected chi connectivity index (χ1v) is 12.2. The minimum atomic E-state index is -1.84. The molecule has 0 radical (unpaired) electrons. The van der Waals surface area contributed by atoms with Crippen molar-refractivity contribution in [2.45, 2.75) is 75.1 Å². The zero-order valence-corrected chi connectivity index (χ0v) is 13.0. The SMILES string of the molecule is C#[C][Ge]([CH2]CCC)([CH2]CCC)[CH2]CCC. The summed E-state index contributed by atoms with van der Waals surface area (Å²) in [6, 6.07) is 0. The summed E-state index contributed by atoms with van der Waals surface area (Å²) in [5.41, 5.74) is 0. The Hall–Kier alpha value is 0.103. The molecule has 0 saturated carbocycles. The summed E-state index contributed by atoms with van der Waals surface area (Å²) in [4.78, 5) is 0. The fourth-order valence-corrected chi connectivity index (χ4v) is 11.1. The van der Waals surface area contributed by atoms with Crippen LogP contribution in [0.3, 0.4) is 0 Å². The standard InChI is InChI=1S/C14H28Ge/c1-5-9-12-15(8-4,13-10-6-2)14-11-7-3/h4H,5-7,9-14H2,1-3H3. The molecule has 0 amide bonds. The number of terminal acetylenes is 1. The Balaban J connectivity index is 4.25. The van der Waals surface area contributed by atoms with Crippen LogP contribution >= 0.6 is 0 Å². The van der Waals surface area contributed by atoms with Crippen molar-refractivity contribution in [1.29, 1.82) is 0 Å². The first kappa shape index (κ1) is 15.1. The summed E-state index contributed by atoms with van der Waals surface area (Å²) in [7, 11) is 0. The summed E-state index contributed by atoms with van der Waals surface area (Å²) in [6.45, 7) is 6.84. The molecule has 0 saturated heterocycles. The van der Waals surface area contributed by atoms with Gasteiger partial charge in [-0.05, 0) is 0 Å². The molecule has 0 aromatic heterocycles. The van der Waals surface area contributed by atoms with Crippen LogP contribution in [0.4, 0.5) is 0 Å². The minimum absolute atomic E-state index is 1.31. The molecule has 0 N–H and O–H groups in total. The Morgan fingerprint density at radius 2 is 1.13 bits per heavy atom. The molecule has 0 nitrogen and oxygen atoms in total. The number of unbranched alkanes of at least 4 members (excludes halogenated alkanes) is 3. The van der Waals surface area contributed by atoms with E-state index in [1.165, 1.54) is 54.3 Å². The Morgan fingerprint density at radius 3 is 1.33 bits per heavy atom. The Labute approximate surface area is 99.6 Å². The summed E-state index contributed by atoms with van der Waals surface area (Å²) >= 11 is -1.84. The van der Waals surface area contributed by atoms with Crippen LogP contribution in [0.5, 0.6) is 0 Å². The number of hydrogen-bond donors (Lipinski definition) is 0. The summed E-state index contributed by atoms with van der Waals surface area (Å²) in [5, 5.41) is 4.27. The first-order chi connectivity index (χ1) is 7.24. The summed E-state index contributed by atoms with van der Waals surface area (Å²) in [6.07, 6.45) is 13.9. The summed E-state index contributed by atoms with van der Waals surface area (Å²) in [5.74, 6) is 0. The molecule has 0 bridgehead atoms. The molecule has 0 unspecified atom stereocenters. The van der Waals surface area contributed by atoms with Crippen molar-refractivity contribution in [3.05, 3.63) is 0 Å². The van der Waals surface area contributed by atoms with Gasteiger partial charge in [0.25, 0.3) is 0 Å². The van der Waals surface area contributed by atoms with Crippen LogP contribution in [-0.2, 0) is 0 Å². The van der Waals surface area contributed by atoms with E-state index in [9.17, 15) is 0 Å². The van der Waals surface area contributed by atoms with Gasteiger partial charge in [-0.3, -0.25) is 0 Å². The van der Waals surface area contributed by atoms with Crippen LogP contribution in [0.25, 0.3) is 0 Å². The molecule has 0 aliphatic heterocycles. The van der Waals surface area contributed by atoms with E-state index in [2.05, 4.69) is 25.5 Å². The molecule has 88 valence electrons. The molecular weight excluding hydrogens is 241 g/mol. The fraction of sp³-hybridized carbons (Fsp3) is 0.857. The molecule has 0 spiro atoms. The molecule has 1 heteroatoms. The van der Waals surface area contributed by atoms with E-state index in [0.29, 0.717) is 0 Å². The van der Waals surface area contributed by atoms with Crippen LogP contribution in [0.2, 0.25) is 15.8 Å². The summed E-state index contributed by atoms with van der Waals surface area (Å²) < 4.78 is 3.31. The Morgan fingerprint density at radius 1 is 0.800 bits per heavy atom. The molecule has 0 fully saturated rings. The van der Waals surface area contributed by atoms with Gasteiger partial charge in [-0.1, -0.05) is 0 Å². The van der Waals surface area contributed by atoms with Gasteiger partial charge in [0.05, 0.1) is 0 Å². The van der Waals surface area contributed by atoms with E-state index in [4.69, 9.17) is 6.42 Å². The van der Waals surface area contributed by atoms with Crippen molar-refractivity contribution in [3.63, 3.8) is 0 Å². The van der Waals surface area contributed by atoms with Gasteiger partial charge in [0.1, 0.15) is 0 Å². The monoisotopic (exact) mass is 270 g/mol. The van der Waals surface area contributed by atoms with Gasteiger partial charge in [0, 0.05) is 0 Å². The predicted octanol–water partition coefficient (Wildman–Crippen LogP) is 5.01. The third-order valence-corrected chi connectivity index (χ3v) is 12.9. The molecule has 0 aliphatic rings. The third kappa shape index (κ3) is 6.30. The second-order valence-corrected chi connectivity index (χ2v) is 13.9. The van der Waals surface area contributed by atoms with Gasteiger partial charge in [-0.2, -0.15) is 0 Å². The van der Waals surface area contributed by atoms with Gasteiger partial charge in [-0.15, -0.1) is 0 Å². The average molecular weight is 269 g/mol. The van der Waals surface area contributed by atoms with E-state index in [1.54, 1.807) is 0 Å². The topological polar surface area (TPSA) is 0 Å². The molecule has 0 heterocycles. The predicted molar refractivity (Wildman–Crippen MR) is 73.7 cm³/mol. The van der Waals surface area contributed by atoms with Gasteiger partial charge in [-0.25, -0.2) is 0 Å². The quantitative estimate of drug-likeness (QED) is 0.407.